The summed E-state index contributed by atoms with van der Waals surface area (Å²) in [6, 6.07) is 13.8. The largest absolute Gasteiger partial charge is 0.497 e. The van der Waals surface area contributed by atoms with Crippen molar-refractivity contribution in [3.05, 3.63) is 53.9 Å². The number of fused-ring (bicyclic) bond motifs is 3. The standard InChI is InChI=1S/C26H32N4O4/c1-3-33-13-14-34-22-6-4-5-21-23(22)29-25(28-21)24-18-9-10-19(15-18)30(24)26(31)27-16-17-7-11-20(32-2)12-8-17/h4-8,11-12,18-19,24H,3,9-10,13-16H2,1-2H3,(H,27,31)(H,28,29)/t18-,19+,24-/m0/s1. The van der Waals surface area contributed by atoms with E-state index in [0.717, 1.165) is 53.2 Å². The molecule has 2 amide bonds. The molecular weight excluding hydrogens is 432 g/mol. The average molecular weight is 465 g/mol. The Morgan fingerprint density at radius 1 is 1.18 bits per heavy atom. The quantitative estimate of drug-likeness (QED) is 0.458. The number of nitrogens with one attached hydrogen (secondary N) is 2. The van der Waals surface area contributed by atoms with Gasteiger partial charge in [0.1, 0.15) is 29.4 Å². The fraction of sp³-hybridized carbons (Fsp3) is 0.462. The second kappa shape index (κ2) is 9.93. The number of nitrogens with zero attached hydrogens (tertiary/aromatic N) is 2. The van der Waals surface area contributed by atoms with Crippen molar-refractivity contribution >= 4 is 17.1 Å². The van der Waals surface area contributed by atoms with Crippen molar-refractivity contribution in [1.82, 2.24) is 20.2 Å². The molecule has 2 heterocycles. The number of urea groups is 1. The molecule has 0 unspecified atom stereocenters. The zero-order valence-electron chi connectivity index (χ0n) is 19.8. The lowest BCUT2D eigenvalue weighted by Gasteiger charge is -2.34. The number of methoxy groups -OCH3 is 1. The lowest BCUT2D eigenvalue weighted by molar-refractivity contribution is 0.110. The summed E-state index contributed by atoms with van der Waals surface area (Å²) < 4.78 is 16.5. The first-order valence-electron chi connectivity index (χ1n) is 12.1. The van der Waals surface area contributed by atoms with Gasteiger partial charge in [-0.15, -0.1) is 0 Å². The summed E-state index contributed by atoms with van der Waals surface area (Å²) in [5, 5.41) is 3.11. The number of amides is 2. The van der Waals surface area contributed by atoms with E-state index in [0.29, 0.717) is 32.3 Å². The monoisotopic (exact) mass is 464 g/mol. The van der Waals surface area contributed by atoms with E-state index in [1.54, 1.807) is 7.11 Å². The van der Waals surface area contributed by atoms with Gasteiger partial charge in [-0.1, -0.05) is 18.2 Å². The Balaban J connectivity index is 1.33. The lowest BCUT2D eigenvalue weighted by atomic mass is 9.98. The van der Waals surface area contributed by atoms with Gasteiger partial charge in [0.25, 0.3) is 0 Å². The minimum Gasteiger partial charge on any atom is -0.497 e. The number of hydrogen-bond acceptors (Lipinski definition) is 5. The van der Waals surface area contributed by atoms with Gasteiger partial charge in [-0.2, -0.15) is 0 Å². The number of likely N-dealkylation sites (tertiary alicyclic amines) is 1. The highest BCUT2D eigenvalue weighted by Crippen LogP contribution is 2.50. The number of piperidine rings is 1. The molecule has 3 atom stereocenters. The maximum absolute atomic E-state index is 13.3. The number of H-pyrrole nitrogens is 1. The van der Waals surface area contributed by atoms with Crippen LogP contribution in [0.15, 0.2) is 42.5 Å². The molecule has 2 fully saturated rings. The molecule has 1 saturated heterocycles. The normalized spacial score (nSPS) is 21.2. The van der Waals surface area contributed by atoms with E-state index in [1.165, 1.54) is 0 Å². The Morgan fingerprint density at radius 3 is 2.82 bits per heavy atom. The predicted octanol–water partition coefficient (Wildman–Crippen LogP) is 4.42. The second-order valence-electron chi connectivity index (χ2n) is 8.91. The Labute approximate surface area is 199 Å². The Morgan fingerprint density at radius 2 is 2.03 bits per heavy atom. The highest BCUT2D eigenvalue weighted by atomic mass is 16.5. The van der Waals surface area contributed by atoms with Crippen molar-refractivity contribution in [2.24, 2.45) is 5.92 Å². The van der Waals surface area contributed by atoms with Crippen molar-refractivity contribution in [1.29, 1.82) is 0 Å². The van der Waals surface area contributed by atoms with Crippen LogP contribution in [-0.4, -0.2) is 53.9 Å². The van der Waals surface area contributed by atoms with E-state index in [2.05, 4.69) is 10.3 Å². The van der Waals surface area contributed by atoms with Gasteiger partial charge >= 0.3 is 6.03 Å². The third-order valence-corrected chi connectivity index (χ3v) is 6.89. The molecular formula is C26H32N4O4. The summed E-state index contributed by atoms with van der Waals surface area (Å²) in [5.74, 6) is 2.79. The Bertz CT molecular complexity index is 1130. The molecule has 34 heavy (non-hydrogen) atoms. The fourth-order valence-electron chi connectivity index (χ4n) is 5.28. The van der Waals surface area contributed by atoms with Crippen LogP contribution in [0.25, 0.3) is 11.0 Å². The van der Waals surface area contributed by atoms with Crippen LogP contribution in [0.2, 0.25) is 0 Å². The molecule has 1 saturated carbocycles. The maximum Gasteiger partial charge on any atom is 0.318 e. The highest BCUT2D eigenvalue weighted by molar-refractivity contribution is 5.82. The minimum absolute atomic E-state index is 0.0401. The number of aromatic nitrogens is 2. The molecule has 5 rings (SSSR count). The third kappa shape index (κ3) is 4.42. The number of ether oxygens (including phenoxy) is 3. The first-order valence-corrected chi connectivity index (χ1v) is 12.1. The van der Waals surface area contributed by atoms with Crippen LogP contribution in [0.4, 0.5) is 4.79 Å². The molecule has 0 spiro atoms. The molecule has 2 aromatic carbocycles. The second-order valence-corrected chi connectivity index (χ2v) is 8.91. The first kappa shape index (κ1) is 22.5. The minimum atomic E-state index is -0.0571. The fourth-order valence-corrected chi connectivity index (χ4v) is 5.28. The van der Waals surface area contributed by atoms with Crippen LogP contribution >= 0.6 is 0 Å². The molecule has 8 heteroatoms. The Kier molecular flexibility index (Phi) is 6.58. The molecule has 2 N–H and O–H groups in total. The van der Waals surface area contributed by atoms with Gasteiger partial charge in [0.2, 0.25) is 0 Å². The zero-order valence-corrected chi connectivity index (χ0v) is 19.8. The van der Waals surface area contributed by atoms with Gasteiger partial charge in [-0.05, 0) is 61.9 Å². The van der Waals surface area contributed by atoms with Crippen LogP contribution in [-0.2, 0) is 11.3 Å². The van der Waals surface area contributed by atoms with Crippen molar-refractivity contribution < 1.29 is 19.0 Å². The highest BCUT2D eigenvalue weighted by Gasteiger charge is 2.50. The summed E-state index contributed by atoms with van der Waals surface area (Å²) in [7, 11) is 1.65. The van der Waals surface area contributed by atoms with Gasteiger partial charge < -0.3 is 29.4 Å². The number of hydrogen-bond donors (Lipinski definition) is 2. The van der Waals surface area contributed by atoms with E-state index < -0.39 is 0 Å². The van der Waals surface area contributed by atoms with Gasteiger partial charge in [-0.3, -0.25) is 0 Å². The SMILES string of the molecule is CCOCCOc1cccc2[nH]c([C@@H]3[C@H]4CC[C@H](C4)N3C(=O)NCc3ccc(OC)cc3)nc12. The zero-order chi connectivity index (χ0) is 23.5. The molecule has 8 nitrogen and oxygen atoms in total. The number of imidazole rings is 1. The summed E-state index contributed by atoms with van der Waals surface area (Å²) in [5.41, 5.74) is 2.76. The van der Waals surface area contributed by atoms with Gasteiger partial charge in [0, 0.05) is 19.2 Å². The van der Waals surface area contributed by atoms with Crippen molar-refractivity contribution in [3.8, 4) is 11.5 Å². The first-order chi connectivity index (χ1) is 16.7. The van der Waals surface area contributed by atoms with Crippen LogP contribution in [0.1, 0.15) is 43.6 Å². The number of aromatic amines is 1. The van der Waals surface area contributed by atoms with E-state index in [9.17, 15) is 4.79 Å². The summed E-state index contributed by atoms with van der Waals surface area (Å²) in [6.07, 6.45) is 3.19. The van der Waals surface area contributed by atoms with Gasteiger partial charge in [0.05, 0.1) is 25.3 Å². The Hall–Kier alpha value is -3.26. The molecule has 1 aliphatic heterocycles. The number of rotatable bonds is 9. The van der Waals surface area contributed by atoms with Crippen LogP contribution in [0.3, 0.4) is 0 Å². The predicted molar refractivity (Wildman–Crippen MR) is 129 cm³/mol. The number of carbonyl (C=O) groups is 1. The molecule has 180 valence electrons. The molecule has 1 aliphatic carbocycles. The molecule has 3 aromatic rings. The average Bonchev–Trinajstić information content (AvgIpc) is 3.60. The van der Waals surface area contributed by atoms with Crippen LogP contribution < -0.4 is 14.8 Å². The number of benzene rings is 2. The third-order valence-electron chi connectivity index (χ3n) is 6.89. The summed E-state index contributed by atoms with van der Waals surface area (Å²) >= 11 is 0. The van der Waals surface area contributed by atoms with E-state index in [1.807, 2.05) is 54.3 Å². The van der Waals surface area contributed by atoms with Crippen molar-refractivity contribution in [3.63, 3.8) is 0 Å². The maximum atomic E-state index is 13.3. The van der Waals surface area contributed by atoms with Gasteiger partial charge in [-0.25, -0.2) is 9.78 Å². The van der Waals surface area contributed by atoms with Crippen LogP contribution in [0, 0.1) is 5.92 Å². The smallest absolute Gasteiger partial charge is 0.318 e. The number of carbonyl (C=O) groups excluding carboxylic acids is 1. The lowest BCUT2D eigenvalue weighted by Crippen LogP contribution is -2.46. The topological polar surface area (TPSA) is 88.7 Å². The van der Waals surface area contributed by atoms with Crippen molar-refractivity contribution in [2.75, 3.05) is 26.9 Å². The molecule has 1 aromatic heterocycles. The summed E-state index contributed by atoms with van der Waals surface area (Å²) in [4.78, 5) is 23.7. The molecule has 0 radical (unpaired) electrons. The number of para-hydroxylation sites is 1. The summed E-state index contributed by atoms with van der Waals surface area (Å²) in [6.45, 7) is 4.12. The van der Waals surface area contributed by atoms with Crippen molar-refractivity contribution in [2.45, 2.75) is 44.8 Å². The molecule has 2 bridgehead atoms. The van der Waals surface area contributed by atoms with E-state index in [4.69, 9.17) is 19.2 Å². The van der Waals surface area contributed by atoms with E-state index in [-0.39, 0.29) is 18.1 Å². The van der Waals surface area contributed by atoms with Gasteiger partial charge in [0.15, 0.2) is 0 Å². The van der Waals surface area contributed by atoms with Crippen LogP contribution in [0.5, 0.6) is 11.5 Å². The molecule has 2 aliphatic rings. The van der Waals surface area contributed by atoms with E-state index >= 15 is 0 Å².